The van der Waals surface area contributed by atoms with Crippen molar-refractivity contribution in [2.45, 2.75) is 0 Å². The van der Waals surface area contributed by atoms with Gasteiger partial charge in [0.05, 0.1) is 5.69 Å². The van der Waals surface area contributed by atoms with Crippen molar-refractivity contribution < 1.29 is 9.53 Å². The second-order valence-electron chi connectivity index (χ2n) is 4.05. The molecule has 2 aromatic heterocycles. The number of amides is 1. The molecule has 0 aliphatic heterocycles. The molecule has 6 heteroatoms. The fraction of sp³-hybridized carbons (Fsp3) is 0.231. The van der Waals surface area contributed by atoms with Crippen LogP contribution in [0.4, 0.5) is 0 Å². The van der Waals surface area contributed by atoms with Crippen LogP contribution in [0.25, 0.3) is 11.3 Å². The monoisotopic (exact) mass is 258 g/mol. The number of nitrogens with zero attached hydrogens (tertiary/aromatic N) is 4. The Morgan fingerprint density at radius 1 is 1.21 bits per heavy atom. The average Bonchev–Trinajstić information content (AvgIpc) is 2.46. The Morgan fingerprint density at radius 2 is 1.95 bits per heavy atom. The summed E-state index contributed by atoms with van der Waals surface area (Å²) in [6, 6.07) is 5.78. The largest absolute Gasteiger partial charge is 0.453 e. The smallest absolute Gasteiger partial charge is 0.316 e. The van der Waals surface area contributed by atoms with E-state index < -0.39 is 0 Å². The summed E-state index contributed by atoms with van der Waals surface area (Å²) in [7, 11) is 3.33. The van der Waals surface area contributed by atoms with Crippen molar-refractivity contribution in [2.24, 2.45) is 0 Å². The molecule has 0 unspecified atom stereocenters. The average molecular weight is 258 g/mol. The predicted molar refractivity (Wildman–Crippen MR) is 69.5 cm³/mol. The van der Waals surface area contributed by atoms with Gasteiger partial charge in [-0.1, -0.05) is 6.07 Å². The van der Waals surface area contributed by atoms with Gasteiger partial charge in [0.1, 0.15) is 0 Å². The van der Waals surface area contributed by atoms with E-state index in [-0.39, 0.29) is 18.5 Å². The number of rotatable bonds is 4. The molecule has 98 valence electrons. The third kappa shape index (κ3) is 3.48. The molecule has 0 atom stereocenters. The van der Waals surface area contributed by atoms with Gasteiger partial charge in [0, 0.05) is 38.2 Å². The predicted octanol–water partition coefficient (Wildman–Crippen LogP) is 1.01. The summed E-state index contributed by atoms with van der Waals surface area (Å²) in [5.41, 5.74) is 1.59. The van der Waals surface area contributed by atoms with Gasteiger partial charge in [-0.2, -0.15) is 0 Å². The maximum Gasteiger partial charge on any atom is 0.316 e. The molecule has 0 aliphatic carbocycles. The fourth-order valence-corrected chi connectivity index (χ4v) is 1.31. The molecule has 0 fully saturated rings. The molecule has 0 aromatic carbocycles. The Bertz CT molecular complexity index is 540. The van der Waals surface area contributed by atoms with Gasteiger partial charge in [-0.25, -0.2) is 9.97 Å². The summed E-state index contributed by atoms with van der Waals surface area (Å²) < 4.78 is 5.19. The minimum atomic E-state index is -0.141. The number of aromatic nitrogens is 3. The van der Waals surface area contributed by atoms with Crippen LogP contribution in [0.5, 0.6) is 6.01 Å². The third-order valence-electron chi connectivity index (χ3n) is 2.41. The highest BCUT2D eigenvalue weighted by Crippen LogP contribution is 2.14. The van der Waals surface area contributed by atoms with Gasteiger partial charge >= 0.3 is 6.01 Å². The zero-order chi connectivity index (χ0) is 13.7. The van der Waals surface area contributed by atoms with Crippen molar-refractivity contribution in [3.63, 3.8) is 0 Å². The van der Waals surface area contributed by atoms with E-state index >= 15 is 0 Å². The Morgan fingerprint density at radius 3 is 2.53 bits per heavy atom. The van der Waals surface area contributed by atoms with E-state index in [1.807, 2.05) is 18.2 Å². The van der Waals surface area contributed by atoms with Gasteiger partial charge in [-0.3, -0.25) is 9.78 Å². The molecular weight excluding hydrogens is 244 g/mol. The highest BCUT2D eigenvalue weighted by molar-refractivity contribution is 5.77. The highest BCUT2D eigenvalue weighted by atomic mass is 16.5. The third-order valence-corrected chi connectivity index (χ3v) is 2.41. The van der Waals surface area contributed by atoms with Crippen LogP contribution < -0.4 is 4.74 Å². The minimum Gasteiger partial charge on any atom is -0.453 e. The Hall–Kier alpha value is -2.50. The van der Waals surface area contributed by atoms with E-state index in [0.717, 1.165) is 11.3 Å². The van der Waals surface area contributed by atoms with Crippen molar-refractivity contribution in [3.05, 3.63) is 36.8 Å². The molecule has 0 bridgehead atoms. The first kappa shape index (κ1) is 12.9. The van der Waals surface area contributed by atoms with Crippen LogP contribution in [0.3, 0.4) is 0 Å². The van der Waals surface area contributed by atoms with E-state index in [9.17, 15) is 4.79 Å². The molecule has 2 aromatic rings. The maximum atomic E-state index is 11.3. The first-order valence-corrected chi connectivity index (χ1v) is 5.73. The lowest BCUT2D eigenvalue weighted by molar-refractivity contribution is -0.130. The molecule has 0 radical (unpaired) electrons. The minimum absolute atomic E-state index is 0.0735. The van der Waals surface area contributed by atoms with Crippen molar-refractivity contribution in [1.82, 2.24) is 19.9 Å². The molecular formula is C13H14N4O2. The normalized spacial score (nSPS) is 10.0. The van der Waals surface area contributed by atoms with Crippen molar-refractivity contribution in [1.29, 1.82) is 0 Å². The number of likely N-dealkylation sites (N-methyl/N-ethyl adjacent to an activating group) is 1. The van der Waals surface area contributed by atoms with Crippen molar-refractivity contribution >= 4 is 5.91 Å². The summed E-state index contributed by atoms with van der Waals surface area (Å²) in [4.78, 5) is 25.1. The van der Waals surface area contributed by atoms with E-state index in [2.05, 4.69) is 15.0 Å². The number of hydrogen-bond acceptors (Lipinski definition) is 5. The zero-order valence-corrected chi connectivity index (χ0v) is 10.8. The summed E-state index contributed by atoms with van der Waals surface area (Å²) in [5.74, 6) is -0.141. The van der Waals surface area contributed by atoms with Gasteiger partial charge in [0.25, 0.3) is 5.91 Å². The van der Waals surface area contributed by atoms with Gasteiger partial charge in [-0.15, -0.1) is 0 Å². The topological polar surface area (TPSA) is 68.2 Å². The molecule has 2 rings (SSSR count). The molecule has 0 spiro atoms. The van der Waals surface area contributed by atoms with Crippen LogP contribution in [0.2, 0.25) is 0 Å². The number of hydrogen-bond donors (Lipinski definition) is 0. The van der Waals surface area contributed by atoms with Gasteiger partial charge in [0.15, 0.2) is 6.61 Å². The van der Waals surface area contributed by atoms with Crippen LogP contribution in [0.15, 0.2) is 36.8 Å². The lowest BCUT2D eigenvalue weighted by Crippen LogP contribution is -2.27. The molecule has 6 nitrogen and oxygen atoms in total. The summed E-state index contributed by atoms with van der Waals surface area (Å²) in [6.45, 7) is -0.0735. The lowest BCUT2D eigenvalue weighted by atomic mass is 10.2. The van der Waals surface area contributed by atoms with Gasteiger partial charge in [0.2, 0.25) is 0 Å². The number of carbonyl (C=O) groups excluding carboxylic acids is 1. The number of pyridine rings is 1. The molecule has 0 saturated heterocycles. The Kier molecular flexibility index (Phi) is 4.02. The fourth-order valence-electron chi connectivity index (χ4n) is 1.31. The van der Waals surface area contributed by atoms with Crippen LogP contribution in [-0.4, -0.2) is 46.5 Å². The SMILES string of the molecule is CN(C)C(=O)COc1ncc(-c2ccccn2)cn1. The standard InChI is InChI=1S/C13H14N4O2/c1-17(2)12(18)9-19-13-15-7-10(8-16-13)11-5-3-4-6-14-11/h3-8H,9H2,1-2H3. The molecule has 0 saturated carbocycles. The van der Waals surface area contributed by atoms with E-state index in [4.69, 9.17) is 4.74 Å². The van der Waals surface area contributed by atoms with Gasteiger partial charge < -0.3 is 9.64 Å². The lowest BCUT2D eigenvalue weighted by Gasteiger charge is -2.10. The molecule has 2 heterocycles. The van der Waals surface area contributed by atoms with Crippen molar-refractivity contribution in [3.8, 4) is 17.3 Å². The first-order valence-electron chi connectivity index (χ1n) is 5.73. The molecule has 19 heavy (non-hydrogen) atoms. The van der Waals surface area contributed by atoms with E-state index in [1.165, 1.54) is 4.90 Å². The quantitative estimate of drug-likeness (QED) is 0.818. The second-order valence-corrected chi connectivity index (χ2v) is 4.05. The summed E-state index contributed by atoms with van der Waals surface area (Å²) in [5, 5.41) is 0. The Labute approximate surface area is 111 Å². The Balaban J connectivity index is 2.01. The molecule has 1 amide bonds. The van der Waals surface area contributed by atoms with Crippen LogP contribution in [-0.2, 0) is 4.79 Å². The summed E-state index contributed by atoms with van der Waals surface area (Å²) in [6.07, 6.45) is 4.94. The number of carbonyl (C=O) groups is 1. The highest BCUT2D eigenvalue weighted by Gasteiger charge is 2.07. The molecule has 0 aliphatic rings. The number of ether oxygens (including phenoxy) is 1. The van der Waals surface area contributed by atoms with Crippen LogP contribution in [0, 0.1) is 0 Å². The van der Waals surface area contributed by atoms with E-state index in [0.29, 0.717) is 0 Å². The van der Waals surface area contributed by atoms with Crippen molar-refractivity contribution in [2.75, 3.05) is 20.7 Å². The van der Waals surface area contributed by atoms with Crippen LogP contribution >= 0.6 is 0 Å². The zero-order valence-electron chi connectivity index (χ0n) is 10.8. The van der Waals surface area contributed by atoms with E-state index in [1.54, 1.807) is 32.7 Å². The van der Waals surface area contributed by atoms with Crippen LogP contribution in [0.1, 0.15) is 0 Å². The first-order chi connectivity index (χ1) is 9.16. The second kappa shape index (κ2) is 5.90. The van der Waals surface area contributed by atoms with Gasteiger partial charge in [-0.05, 0) is 12.1 Å². The summed E-state index contributed by atoms with van der Waals surface area (Å²) >= 11 is 0. The maximum absolute atomic E-state index is 11.3. The molecule has 0 N–H and O–H groups in total.